The Morgan fingerprint density at radius 1 is 1.75 bits per heavy atom. The standard InChI is InChI=1S/C9H10BrNS/c1-3-4-12-9-8(10)5-7(2)6-11-9/h3,5-6H,1,4H2,2H3. The molecule has 1 aromatic heterocycles. The monoisotopic (exact) mass is 243 g/mol. The van der Waals surface area contributed by atoms with Crippen molar-refractivity contribution in [3.8, 4) is 0 Å². The number of pyridine rings is 1. The molecular formula is C9H10BrNS. The highest BCUT2D eigenvalue weighted by Gasteiger charge is 2.00. The number of halogens is 1. The second-order valence-corrected chi connectivity index (χ2v) is 4.26. The van der Waals surface area contributed by atoms with Gasteiger partial charge in [0.15, 0.2) is 0 Å². The van der Waals surface area contributed by atoms with E-state index in [1.165, 1.54) is 5.56 Å². The number of nitrogens with zero attached hydrogens (tertiary/aromatic N) is 1. The molecule has 0 saturated carbocycles. The molecule has 0 amide bonds. The van der Waals surface area contributed by atoms with Crippen molar-refractivity contribution in [3.05, 3.63) is 35.0 Å². The van der Waals surface area contributed by atoms with Crippen LogP contribution in [-0.4, -0.2) is 10.7 Å². The van der Waals surface area contributed by atoms with Gasteiger partial charge in [0, 0.05) is 11.9 Å². The summed E-state index contributed by atoms with van der Waals surface area (Å²) in [5, 5.41) is 1.03. The Labute approximate surface area is 85.4 Å². The largest absolute Gasteiger partial charge is 0.248 e. The molecule has 0 aromatic carbocycles. The first-order valence-electron chi connectivity index (χ1n) is 3.60. The van der Waals surface area contributed by atoms with Crippen molar-refractivity contribution < 1.29 is 0 Å². The molecule has 0 bridgehead atoms. The molecule has 0 radical (unpaired) electrons. The molecule has 0 fully saturated rings. The van der Waals surface area contributed by atoms with Gasteiger partial charge in [-0.05, 0) is 34.5 Å². The molecule has 0 N–H and O–H groups in total. The number of aryl methyl sites for hydroxylation is 1. The number of hydrogen-bond acceptors (Lipinski definition) is 2. The minimum Gasteiger partial charge on any atom is -0.248 e. The van der Waals surface area contributed by atoms with Gasteiger partial charge in [-0.25, -0.2) is 4.98 Å². The van der Waals surface area contributed by atoms with Crippen LogP contribution in [-0.2, 0) is 0 Å². The topological polar surface area (TPSA) is 12.9 Å². The van der Waals surface area contributed by atoms with Crippen molar-refractivity contribution in [2.45, 2.75) is 11.9 Å². The van der Waals surface area contributed by atoms with Crippen LogP contribution in [0.25, 0.3) is 0 Å². The summed E-state index contributed by atoms with van der Waals surface area (Å²) >= 11 is 5.14. The van der Waals surface area contributed by atoms with Gasteiger partial charge in [0.25, 0.3) is 0 Å². The second kappa shape index (κ2) is 4.67. The van der Waals surface area contributed by atoms with E-state index in [0.717, 1.165) is 15.3 Å². The molecule has 12 heavy (non-hydrogen) atoms. The summed E-state index contributed by atoms with van der Waals surface area (Å²) in [6.07, 6.45) is 3.74. The van der Waals surface area contributed by atoms with E-state index in [0.29, 0.717) is 0 Å². The molecule has 1 nitrogen and oxygen atoms in total. The molecule has 0 aliphatic carbocycles. The predicted octanol–water partition coefficient (Wildman–Crippen LogP) is 3.43. The van der Waals surface area contributed by atoms with Crippen LogP contribution < -0.4 is 0 Å². The Bertz CT molecular complexity index is 286. The van der Waals surface area contributed by atoms with E-state index < -0.39 is 0 Å². The number of thioether (sulfide) groups is 1. The maximum absolute atomic E-state index is 4.28. The minimum absolute atomic E-state index is 0.897. The number of hydrogen-bond donors (Lipinski definition) is 0. The third-order valence-corrected chi connectivity index (χ3v) is 3.15. The van der Waals surface area contributed by atoms with E-state index in [2.05, 4.69) is 33.6 Å². The Balaban J connectivity index is 2.78. The highest BCUT2D eigenvalue weighted by atomic mass is 79.9. The van der Waals surface area contributed by atoms with Crippen molar-refractivity contribution in [2.75, 3.05) is 5.75 Å². The van der Waals surface area contributed by atoms with Gasteiger partial charge in [-0.15, -0.1) is 18.3 Å². The van der Waals surface area contributed by atoms with Crippen LogP contribution in [0.15, 0.2) is 34.4 Å². The summed E-state index contributed by atoms with van der Waals surface area (Å²) in [5.41, 5.74) is 1.17. The first-order valence-corrected chi connectivity index (χ1v) is 5.37. The molecule has 1 heterocycles. The fourth-order valence-corrected chi connectivity index (χ4v) is 2.17. The Hall–Kier alpha value is -0.280. The van der Waals surface area contributed by atoms with Gasteiger partial charge in [-0.1, -0.05) is 6.08 Å². The molecule has 1 aromatic rings. The second-order valence-electron chi connectivity index (χ2n) is 2.40. The lowest BCUT2D eigenvalue weighted by Gasteiger charge is -2.01. The lowest BCUT2D eigenvalue weighted by Crippen LogP contribution is -1.84. The summed E-state index contributed by atoms with van der Waals surface area (Å²) in [6, 6.07) is 2.07. The molecule has 0 atom stereocenters. The van der Waals surface area contributed by atoms with Crippen LogP contribution in [0.2, 0.25) is 0 Å². The molecule has 0 saturated heterocycles. The van der Waals surface area contributed by atoms with Gasteiger partial charge in [0.2, 0.25) is 0 Å². The molecule has 0 spiro atoms. The van der Waals surface area contributed by atoms with Gasteiger partial charge in [-0.2, -0.15) is 0 Å². The molecule has 0 unspecified atom stereocenters. The highest BCUT2D eigenvalue weighted by Crippen LogP contribution is 2.25. The molecule has 64 valence electrons. The maximum Gasteiger partial charge on any atom is 0.110 e. The van der Waals surface area contributed by atoms with Crippen molar-refractivity contribution in [1.82, 2.24) is 4.98 Å². The van der Waals surface area contributed by atoms with E-state index in [1.54, 1.807) is 11.8 Å². The molecule has 0 aliphatic rings. The average Bonchev–Trinajstić information content (AvgIpc) is 2.03. The zero-order chi connectivity index (χ0) is 8.97. The fraction of sp³-hybridized carbons (Fsp3) is 0.222. The van der Waals surface area contributed by atoms with Crippen molar-refractivity contribution in [3.63, 3.8) is 0 Å². The third-order valence-electron chi connectivity index (χ3n) is 1.28. The summed E-state index contributed by atoms with van der Waals surface area (Å²) in [6.45, 7) is 5.69. The van der Waals surface area contributed by atoms with Crippen LogP contribution in [0.5, 0.6) is 0 Å². The molecule has 1 rings (SSSR count). The van der Waals surface area contributed by atoms with Gasteiger partial charge in [-0.3, -0.25) is 0 Å². The molecule has 3 heteroatoms. The summed E-state index contributed by atoms with van der Waals surface area (Å²) in [7, 11) is 0. The molecular weight excluding hydrogens is 234 g/mol. The summed E-state index contributed by atoms with van der Waals surface area (Å²) in [4.78, 5) is 4.28. The van der Waals surface area contributed by atoms with Crippen LogP contribution in [0.3, 0.4) is 0 Å². The van der Waals surface area contributed by atoms with Gasteiger partial charge in [0.1, 0.15) is 5.03 Å². The fourth-order valence-electron chi connectivity index (χ4n) is 0.765. The quantitative estimate of drug-likeness (QED) is 0.596. The van der Waals surface area contributed by atoms with E-state index in [9.17, 15) is 0 Å². The Kier molecular flexibility index (Phi) is 3.82. The average molecular weight is 244 g/mol. The number of aromatic nitrogens is 1. The maximum atomic E-state index is 4.28. The van der Waals surface area contributed by atoms with Gasteiger partial charge >= 0.3 is 0 Å². The molecule has 0 aliphatic heterocycles. The summed E-state index contributed by atoms with van der Waals surface area (Å²) < 4.78 is 1.06. The highest BCUT2D eigenvalue weighted by molar-refractivity contribution is 9.10. The smallest absolute Gasteiger partial charge is 0.110 e. The first kappa shape index (κ1) is 9.81. The number of rotatable bonds is 3. The van der Waals surface area contributed by atoms with Gasteiger partial charge in [0.05, 0.1) is 4.47 Å². The van der Waals surface area contributed by atoms with E-state index in [1.807, 2.05) is 19.2 Å². The SMILES string of the molecule is C=CCSc1ncc(C)cc1Br. The van der Waals surface area contributed by atoms with E-state index >= 15 is 0 Å². The van der Waals surface area contributed by atoms with E-state index in [4.69, 9.17) is 0 Å². The predicted molar refractivity (Wildman–Crippen MR) is 57.6 cm³/mol. The summed E-state index contributed by atoms with van der Waals surface area (Å²) in [5.74, 6) is 0.897. The van der Waals surface area contributed by atoms with Crippen LogP contribution in [0.4, 0.5) is 0 Å². The normalized spacial score (nSPS) is 9.83. The van der Waals surface area contributed by atoms with Crippen LogP contribution >= 0.6 is 27.7 Å². The lowest BCUT2D eigenvalue weighted by molar-refractivity contribution is 1.09. The third kappa shape index (κ3) is 2.64. The Morgan fingerprint density at radius 3 is 3.08 bits per heavy atom. The van der Waals surface area contributed by atoms with Crippen LogP contribution in [0, 0.1) is 6.92 Å². The minimum atomic E-state index is 0.897. The van der Waals surface area contributed by atoms with Crippen molar-refractivity contribution in [1.29, 1.82) is 0 Å². The van der Waals surface area contributed by atoms with E-state index in [-0.39, 0.29) is 0 Å². The Morgan fingerprint density at radius 2 is 2.50 bits per heavy atom. The van der Waals surface area contributed by atoms with Crippen molar-refractivity contribution in [2.24, 2.45) is 0 Å². The first-order chi connectivity index (χ1) is 5.74. The lowest BCUT2D eigenvalue weighted by atomic mass is 10.3. The van der Waals surface area contributed by atoms with Gasteiger partial charge < -0.3 is 0 Å². The van der Waals surface area contributed by atoms with Crippen molar-refractivity contribution >= 4 is 27.7 Å². The zero-order valence-corrected chi connectivity index (χ0v) is 9.28. The van der Waals surface area contributed by atoms with Crippen LogP contribution in [0.1, 0.15) is 5.56 Å². The zero-order valence-electron chi connectivity index (χ0n) is 6.88.